The van der Waals surface area contributed by atoms with Gasteiger partial charge < -0.3 is 19.5 Å². The molecule has 2 aromatic heterocycles. The number of aromatic nitrogens is 2. The van der Waals surface area contributed by atoms with E-state index in [1.807, 2.05) is 18.3 Å². The first-order valence-corrected chi connectivity index (χ1v) is 10.5. The normalized spacial score (nSPS) is 17.5. The molecule has 3 heterocycles. The van der Waals surface area contributed by atoms with Crippen molar-refractivity contribution in [3.8, 4) is 5.88 Å². The van der Waals surface area contributed by atoms with E-state index in [4.69, 9.17) is 14.3 Å². The van der Waals surface area contributed by atoms with Crippen LogP contribution in [0.15, 0.2) is 40.2 Å². The number of piperazine rings is 1. The van der Waals surface area contributed by atoms with Gasteiger partial charge in [0.05, 0.1) is 18.8 Å². The summed E-state index contributed by atoms with van der Waals surface area (Å²) in [7, 11) is 0. The molecule has 2 aromatic rings. The Labute approximate surface area is 195 Å². The molecule has 9 heteroatoms. The Bertz CT molecular complexity index is 771. The standard InChI is InChI=1S/C21H30N6O2.HI/c1-2-22-21(27-10-8-26(9-11-27)15-19-7-12-29-25-19)24-14-18-5-6-20(23-13-18)28-16-17-3-4-17;/h5-7,12-13,17H,2-4,8-11,14-16H2,1H3,(H,22,24);1H. The summed E-state index contributed by atoms with van der Waals surface area (Å²) < 4.78 is 10.6. The van der Waals surface area contributed by atoms with Crippen molar-refractivity contribution in [2.75, 3.05) is 39.3 Å². The zero-order valence-corrected chi connectivity index (χ0v) is 19.8. The maximum Gasteiger partial charge on any atom is 0.213 e. The fraction of sp³-hybridized carbons (Fsp3) is 0.571. The molecule has 0 aromatic carbocycles. The molecular weight excluding hydrogens is 495 g/mol. The third-order valence-electron chi connectivity index (χ3n) is 5.26. The molecule has 2 fully saturated rings. The van der Waals surface area contributed by atoms with Crippen LogP contribution < -0.4 is 10.1 Å². The first-order valence-electron chi connectivity index (χ1n) is 10.5. The van der Waals surface area contributed by atoms with E-state index in [-0.39, 0.29) is 24.0 Å². The number of ether oxygens (including phenoxy) is 1. The number of hydrogen-bond donors (Lipinski definition) is 1. The lowest BCUT2D eigenvalue weighted by Gasteiger charge is -2.36. The van der Waals surface area contributed by atoms with Crippen molar-refractivity contribution in [3.63, 3.8) is 0 Å². The molecule has 4 rings (SSSR count). The van der Waals surface area contributed by atoms with Crippen LogP contribution in [0.25, 0.3) is 0 Å². The van der Waals surface area contributed by atoms with Gasteiger partial charge in [-0.05, 0) is 31.2 Å². The van der Waals surface area contributed by atoms with Crippen molar-refractivity contribution in [2.24, 2.45) is 10.9 Å². The van der Waals surface area contributed by atoms with Crippen LogP contribution in [-0.2, 0) is 13.1 Å². The Kier molecular flexibility index (Phi) is 8.74. The van der Waals surface area contributed by atoms with E-state index in [1.54, 1.807) is 6.26 Å². The molecule has 1 saturated carbocycles. The summed E-state index contributed by atoms with van der Waals surface area (Å²) in [5.41, 5.74) is 2.07. The predicted molar refractivity (Wildman–Crippen MR) is 126 cm³/mol. The molecule has 0 unspecified atom stereocenters. The predicted octanol–water partition coefficient (Wildman–Crippen LogP) is 2.76. The van der Waals surface area contributed by atoms with E-state index in [2.05, 4.69) is 38.2 Å². The molecule has 1 aliphatic carbocycles. The monoisotopic (exact) mass is 526 g/mol. The molecule has 164 valence electrons. The molecule has 8 nitrogen and oxygen atoms in total. The SMILES string of the molecule is CCNC(=NCc1ccc(OCC2CC2)nc1)N1CCN(Cc2ccon2)CC1.I. The Morgan fingerprint density at radius 2 is 2.07 bits per heavy atom. The van der Waals surface area contributed by atoms with Crippen LogP contribution in [0.2, 0.25) is 0 Å². The van der Waals surface area contributed by atoms with Crippen molar-refractivity contribution in [1.29, 1.82) is 0 Å². The number of pyridine rings is 1. The molecule has 1 N–H and O–H groups in total. The third kappa shape index (κ3) is 6.83. The van der Waals surface area contributed by atoms with Gasteiger partial charge in [0.1, 0.15) is 6.26 Å². The van der Waals surface area contributed by atoms with E-state index in [0.717, 1.165) is 69.0 Å². The van der Waals surface area contributed by atoms with Crippen LogP contribution in [0.5, 0.6) is 5.88 Å². The second-order valence-corrected chi connectivity index (χ2v) is 7.68. The number of nitrogens with zero attached hydrogens (tertiary/aromatic N) is 5. The number of guanidine groups is 1. The highest BCUT2D eigenvalue weighted by molar-refractivity contribution is 14.0. The fourth-order valence-electron chi connectivity index (χ4n) is 3.34. The van der Waals surface area contributed by atoms with Crippen molar-refractivity contribution >= 4 is 29.9 Å². The Morgan fingerprint density at radius 3 is 2.70 bits per heavy atom. The van der Waals surface area contributed by atoms with Crippen molar-refractivity contribution in [2.45, 2.75) is 32.9 Å². The van der Waals surface area contributed by atoms with Gasteiger partial charge in [0.15, 0.2) is 5.96 Å². The lowest BCUT2D eigenvalue weighted by molar-refractivity contribution is 0.169. The van der Waals surface area contributed by atoms with E-state index in [9.17, 15) is 0 Å². The zero-order valence-electron chi connectivity index (χ0n) is 17.5. The molecule has 0 bridgehead atoms. The third-order valence-corrected chi connectivity index (χ3v) is 5.26. The average molecular weight is 526 g/mol. The zero-order chi connectivity index (χ0) is 19.9. The van der Waals surface area contributed by atoms with Crippen molar-refractivity contribution in [1.82, 2.24) is 25.3 Å². The van der Waals surface area contributed by atoms with Crippen LogP contribution in [0, 0.1) is 5.92 Å². The second-order valence-electron chi connectivity index (χ2n) is 7.68. The summed E-state index contributed by atoms with van der Waals surface area (Å²) in [5.74, 6) is 2.41. The van der Waals surface area contributed by atoms with E-state index in [0.29, 0.717) is 12.4 Å². The number of rotatable bonds is 8. The highest BCUT2D eigenvalue weighted by atomic mass is 127. The molecule has 2 aliphatic rings. The van der Waals surface area contributed by atoms with Crippen LogP contribution in [0.4, 0.5) is 0 Å². The first kappa shape index (κ1) is 22.8. The van der Waals surface area contributed by atoms with E-state index < -0.39 is 0 Å². The molecule has 0 radical (unpaired) electrons. The maximum absolute atomic E-state index is 5.71. The summed E-state index contributed by atoms with van der Waals surface area (Å²) in [6, 6.07) is 5.93. The van der Waals surface area contributed by atoms with Crippen LogP contribution in [-0.4, -0.2) is 65.2 Å². The van der Waals surface area contributed by atoms with E-state index in [1.165, 1.54) is 12.8 Å². The topological polar surface area (TPSA) is 79.0 Å². The summed E-state index contributed by atoms with van der Waals surface area (Å²) in [4.78, 5) is 14.0. The smallest absolute Gasteiger partial charge is 0.213 e. The highest BCUT2D eigenvalue weighted by Gasteiger charge is 2.22. The van der Waals surface area contributed by atoms with Gasteiger partial charge in [-0.2, -0.15) is 0 Å². The molecule has 0 atom stereocenters. The van der Waals surface area contributed by atoms with Crippen LogP contribution in [0.3, 0.4) is 0 Å². The van der Waals surface area contributed by atoms with Gasteiger partial charge in [0.2, 0.25) is 5.88 Å². The van der Waals surface area contributed by atoms with Gasteiger partial charge in [-0.1, -0.05) is 11.2 Å². The van der Waals surface area contributed by atoms with Crippen molar-refractivity contribution in [3.05, 3.63) is 41.9 Å². The second kappa shape index (κ2) is 11.5. The van der Waals surface area contributed by atoms with Gasteiger partial charge in [-0.15, -0.1) is 24.0 Å². The fourth-order valence-corrected chi connectivity index (χ4v) is 3.34. The van der Waals surface area contributed by atoms with Gasteiger partial charge in [-0.3, -0.25) is 4.90 Å². The number of aliphatic imine (C=N–C) groups is 1. The van der Waals surface area contributed by atoms with Crippen molar-refractivity contribution < 1.29 is 9.26 Å². The molecule has 30 heavy (non-hydrogen) atoms. The maximum atomic E-state index is 5.71. The molecular formula is C21H31IN6O2. The molecule has 1 saturated heterocycles. The highest BCUT2D eigenvalue weighted by Crippen LogP contribution is 2.29. The Hall–Kier alpha value is -1.88. The van der Waals surface area contributed by atoms with E-state index >= 15 is 0 Å². The Balaban J connectivity index is 0.00000256. The van der Waals surface area contributed by atoms with Gasteiger partial charge in [-0.25, -0.2) is 9.98 Å². The molecule has 0 amide bonds. The Morgan fingerprint density at radius 1 is 1.23 bits per heavy atom. The average Bonchev–Trinajstić information content (AvgIpc) is 3.45. The van der Waals surface area contributed by atoms with Gasteiger partial charge in [0.25, 0.3) is 0 Å². The van der Waals surface area contributed by atoms with Gasteiger partial charge in [0, 0.05) is 57.6 Å². The largest absolute Gasteiger partial charge is 0.477 e. The molecule has 0 spiro atoms. The number of hydrogen-bond acceptors (Lipinski definition) is 6. The number of halogens is 1. The van der Waals surface area contributed by atoms with Crippen LogP contribution in [0.1, 0.15) is 31.0 Å². The first-order chi connectivity index (χ1) is 14.3. The lowest BCUT2D eigenvalue weighted by atomic mass is 10.3. The summed E-state index contributed by atoms with van der Waals surface area (Å²) in [6.45, 7) is 9.02. The summed E-state index contributed by atoms with van der Waals surface area (Å²) in [5, 5.41) is 7.42. The van der Waals surface area contributed by atoms with Crippen LogP contribution >= 0.6 is 24.0 Å². The molecule has 1 aliphatic heterocycles. The summed E-state index contributed by atoms with van der Waals surface area (Å²) in [6.07, 6.45) is 6.07. The van der Waals surface area contributed by atoms with Gasteiger partial charge >= 0.3 is 0 Å². The minimum atomic E-state index is 0. The number of nitrogens with one attached hydrogen (secondary N) is 1. The quantitative estimate of drug-likeness (QED) is 0.322. The minimum absolute atomic E-state index is 0. The summed E-state index contributed by atoms with van der Waals surface area (Å²) >= 11 is 0. The minimum Gasteiger partial charge on any atom is -0.477 e. The lowest BCUT2D eigenvalue weighted by Crippen LogP contribution is -2.52.